The summed E-state index contributed by atoms with van der Waals surface area (Å²) in [5.41, 5.74) is 6.33. The van der Waals surface area contributed by atoms with Gasteiger partial charge in [-0.1, -0.05) is 51.1 Å². The number of sulfonamides is 1. The fourth-order valence-corrected chi connectivity index (χ4v) is 3.82. The number of nitrogens with one attached hydrogen (secondary N) is 1. The van der Waals surface area contributed by atoms with Crippen molar-refractivity contribution in [3.63, 3.8) is 0 Å². The van der Waals surface area contributed by atoms with Crippen LogP contribution in [0, 0.1) is 6.92 Å². The van der Waals surface area contributed by atoms with E-state index in [1.54, 1.807) is 25.1 Å². The molecule has 0 aliphatic heterocycles. The summed E-state index contributed by atoms with van der Waals surface area (Å²) in [5, 5.41) is 4.14. The molecule has 2 aromatic carbocycles. The van der Waals surface area contributed by atoms with Crippen molar-refractivity contribution in [2.75, 3.05) is 24.2 Å². The number of aryl methyl sites for hydroxylation is 1. The molecular weight excluding hydrogens is 414 g/mol. The Morgan fingerprint density at radius 2 is 1.74 bits per heavy atom. The van der Waals surface area contributed by atoms with Gasteiger partial charge in [-0.25, -0.2) is 13.8 Å². The summed E-state index contributed by atoms with van der Waals surface area (Å²) in [6, 6.07) is 13.1. The molecule has 0 saturated carbocycles. The number of ether oxygens (including phenoxy) is 1. The smallest absolute Gasteiger partial charge is 0.260 e. The molecule has 0 radical (unpaired) electrons. The van der Waals surface area contributed by atoms with Crippen LogP contribution in [0.25, 0.3) is 0 Å². The summed E-state index contributed by atoms with van der Waals surface area (Å²) in [7, 11) is -2.28. The van der Waals surface area contributed by atoms with Crippen molar-refractivity contribution < 1.29 is 17.9 Å². The third-order valence-corrected chi connectivity index (χ3v) is 5.93. The van der Waals surface area contributed by atoms with Crippen LogP contribution >= 0.6 is 0 Å². The Morgan fingerprint density at radius 3 is 2.26 bits per heavy atom. The van der Waals surface area contributed by atoms with E-state index in [2.05, 4.69) is 31.3 Å². The zero-order valence-corrected chi connectivity index (χ0v) is 20.0. The lowest BCUT2D eigenvalue weighted by atomic mass is 9.86. The molecule has 0 atom stereocenters. The standard InChI is InChI=1S/C23H31N3O4S/c1-16-8-13-21(30-6)20(14-16)26(31(7,28)29)15-22(27)25-24-17(2)18-9-11-19(12-10-18)23(3,4)5/h8-14H,15H2,1-7H3,(H,25,27)/b24-17-. The second kappa shape index (κ2) is 9.51. The maximum absolute atomic E-state index is 12.5. The monoisotopic (exact) mass is 445 g/mol. The number of hydrogen-bond acceptors (Lipinski definition) is 5. The van der Waals surface area contributed by atoms with Crippen LogP contribution in [0.4, 0.5) is 5.69 Å². The van der Waals surface area contributed by atoms with Gasteiger partial charge in [0, 0.05) is 0 Å². The molecule has 0 spiro atoms. The first-order chi connectivity index (χ1) is 14.3. The average Bonchev–Trinajstić information content (AvgIpc) is 2.68. The molecule has 168 valence electrons. The van der Waals surface area contributed by atoms with Gasteiger partial charge in [0.25, 0.3) is 5.91 Å². The Morgan fingerprint density at radius 1 is 1.13 bits per heavy atom. The summed E-state index contributed by atoms with van der Waals surface area (Å²) >= 11 is 0. The summed E-state index contributed by atoms with van der Waals surface area (Å²) in [5.74, 6) is -0.193. The fourth-order valence-electron chi connectivity index (χ4n) is 2.96. The first kappa shape index (κ1) is 24.4. The van der Waals surface area contributed by atoms with E-state index < -0.39 is 22.5 Å². The third kappa shape index (κ3) is 6.55. The number of benzene rings is 2. The summed E-state index contributed by atoms with van der Waals surface area (Å²) in [6.07, 6.45) is 1.05. The van der Waals surface area contributed by atoms with E-state index in [-0.39, 0.29) is 5.41 Å². The van der Waals surface area contributed by atoms with Crippen LogP contribution < -0.4 is 14.5 Å². The quantitative estimate of drug-likeness (QED) is 0.521. The van der Waals surface area contributed by atoms with E-state index in [0.717, 1.165) is 21.7 Å². The van der Waals surface area contributed by atoms with Gasteiger partial charge >= 0.3 is 0 Å². The van der Waals surface area contributed by atoms with E-state index in [4.69, 9.17) is 4.74 Å². The number of anilines is 1. The molecule has 2 aromatic rings. The van der Waals surface area contributed by atoms with Gasteiger partial charge in [-0.05, 0) is 48.1 Å². The minimum Gasteiger partial charge on any atom is -0.495 e. The predicted octanol–water partition coefficient (Wildman–Crippen LogP) is 3.61. The predicted molar refractivity (Wildman–Crippen MR) is 125 cm³/mol. The van der Waals surface area contributed by atoms with Crippen molar-refractivity contribution in [3.8, 4) is 5.75 Å². The second-order valence-corrected chi connectivity index (χ2v) is 10.4. The topological polar surface area (TPSA) is 88.1 Å². The lowest BCUT2D eigenvalue weighted by Crippen LogP contribution is -2.39. The number of methoxy groups -OCH3 is 1. The molecule has 0 aromatic heterocycles. The Labute approximate surface area is 185 Å². The van der Waals surface area contributed by atoms with Crippen LogP contribution in [0.3, 0.4) is 0 Å². The van der Waals surface area contributed by atoms with E-state index >= 15 is 0 Å². The minimum atomic E-state index is -3.73. The van der Waals surface area contributed by atoms with E-state index in [1.807, 2.05) is 31.2 Å². The van der Waals surface area contributed by atoms with Gasteiger partial charge in [-0.3, -0.25) is 9.10 Å². The van der Waals surface area contributed by atoms with Crippen LogP contribution in [-0.2, 0) is 20.2 Å². The normalized spacial score (nSPS) is 12.4. The summed E-state index contributed by atoms with van der Waals surface area (Å²) in [6.45, 7) is 9.62. The Hall–Kier alpha value is -2.87. The summed E-state index contributed by atoms with van der Waals surface area (Å²) in [4.78, 5) is 12.5. The van der Waals surface area contributed by atoms with Gasteiger partial charge in [0.2, 0.25) is 10.0 Å². The highest BCUT2D eigenvalue weighted by atomic mass is 32.2. The molecule has 0 unspecified atom stereocenters. The van der Waals surface area contributed by atoms with Crippen molar-refractivity contribution in [2.45, 2.75) is 40.0 Å². The molecule has 1 N–H and O–H groups in total. The number of hydrazone groups is 1. The molecule has 1 amide bonds. The molecule has 0 aliphatic carbocycles. The summed E-state index contributed by atoms with van der Waals surface area (Å²) < 4.78 is 31.0. The van der Waals surface area contributed by atoms with E-state index in [0.29, 0.717) is 17.1 Å². The molecule has 8 heteroatoms. The molecule has 31 heavy (non-hydrogen) atoms. The SMILES string of the molecule is COc1ccc(C)cc1N(CC(=O)N/N=C(/C)c1ccc(C(C)(C)C)cc1)S(C)(=O)=O. The number of amides is 1. The average molecular weight is 446 g/mol. The molecule has 0 saturated heterocycles. The third-order valence-electron chi connectivity index (χ3n) is 4.81. The Balaban J connectivity index is 2.19. The first-order valence-electron chi connectivity index (χ1n) is 9.89. The maximum Gasteiger partial charge on any atom is 0.260 e. The van der Waals surface area contributed by atoms with Crippen molar-refractivity contribution in [3.05, 3.63) is 59.2 Å². The van der Waals surface area contributed by atoms with Crippen LogP contribution in [0.5, 0.6) is 5.75 Å². The zero-order valence-electron chi connectivity index (χ0n) is 19.2. The fraction of sp³-hybridized carbons (Fsp3) is 0.391. The van der Waals surface area contributed by atoms with Gasteiger partial charge < -0.3 is 4.74 Å². The van der Waals surface area contributed by atoms with Gasteiger partial charge in [-0.15, -0.1) is 0 Å². The first-order valence-corrected chi connectivity index (χ1v) is 11.7. The zero-order chi connectivity index (χ0) is 23.4. The van der Waals surface area contributed by atoms with Gasteiger partial charge in [0.05, 0.1) is 24.8 Å². The van der Waals surface area contributed by atoms with Crippen LogP contribution in [0.1, 0.15) is 44.4 Å². The molecular formula is C23H31N3O4S. The van der Waals surface area contributed by atoms with Gasteiger partial charge in [-0.2, -0.15) is 5.10 Å². The van der Waals surface area contributed by atoms with Crippen molar-refractivity contribution in [1.82, 2.24) is 5.43 Å². The van der Waals surface area contributed by atoms with E-state index in [1.165, 1.54) is 12.7 Å². The lowest BCUT2D eigenvalue weighted by molar-refractivity contribution is -0.119. The van der Waals surface area contributed by atoms with Crippen molar-refractivity contribution in [2.24, 2.45) is 5.10 Å². The van der Waals surface area contributed by atoms with E-state index in [9.17, 15) is 13.2 Å². The molecule has 0 heterocycles. The van der Waals surface area contributed by atoms with Gasteiger partial charge in [0.15, 0.2) is 0 Å². The van der Waals surface area contributed by atoms with Gasteiger partial charge in [0.1, 0.15) is 12.3 Å². The number of carbonyl (C=O) groups is 1. The van der Waals surface area contributed by atoms with Crippen LogP contribution in [0.2, 0.25) is 0 Å². The van der Waals surface area contributed by atoms with Crippen LogP contribution in [0.15, 0.2) is 47.6 Å². The Bertz CT molecular complexity index is 1070. The largest absolute Gasteiger partial charge is 0.495 e. The number of nitrogens with zero attached hydrogens (tertiary/aromatic N) is 2. The number of rotatable bonds is 7. The maximum atomic E-state index is 12.5. The lowest BCUT2D eigenvalue weighted by Gasteiger charge is -2.23. The molecule has 0 bridgehead atoms. The van der Waals surface area contributed by atoms with Crippen molar-refractivity contribution >= 4 is 27.3 Å². The second-order valence-electron chi connectivity index (χ2n) is 8.50. The minimum absolute atomic E-state index is 0.0454. The molecule has 7 nitrogen and oxygen atoms in total. The number of hydrogen-bond donors (Lipinski definition) is 1. The van der Waals surface area contributed by atoms with Crippen molar-refractivity contribution in [1.29, 1.82) is 0 Å². The molecule has 2 rings (SSSR count). The molecule has 0 fully saturated rings. The highest BCUT2D eigenvalue weighted by Gasteiger charge is 2.24. The molecule has 0 aliphatic rings. The highest BCUT2D eigenvalue weighted by Crippen LogP contribution is 2.30. The number of carbonyl (C=O) groups excluding carboxylic acids is 1. The Kier molecular flexibility index (Phi) is 7.49. The van der Waals surface area contributed by atoms with Crippen LogP contribution in [-0.4, -0.2) is 39.9 Å². The highest BCUT2D eigenvalue weighted by molar-refractivity contribution is 7.92.